The van der Waals surface area contributed by atoms with Crippen molar-refractivity contribution in [3.63, 3.8) is 0 Å². The van der Waals surface area contributed by atoms with E-state index in [1.807, 2.05) is 0 Å². The van der Waals surface area contributed by atoms with Crippen LogP contribution in [0.4, 0.5) is 32.0 Å². The van der Waals surface area contributed by atoms with Crippen molar-refractivity contribution < 1.29 is 44.7 Å². The summed E-state index contributed by atoms with van der Waals surface area (Å²) < 4.78 is 109. The normalized spacial score (nSPS) is 13.0. The minimum Gasteiger partial charge on any atom is -0.394 e. The molecule has 0 saturated carbocycles. The van der Waals surface area contributed by atoms with Crippen LogP contribution >= 0.6 is 11.6 Å². The summed E-state index contributed by atoms with van der Waals surface area (Å²) >= 11 is 5.74. The van der Waals surface area contributed by atoms with Gasteiger partial charge in [0.15, 0.2) is 11.3 Å². The van der Waals surface area contributed by atoms with Crippen LogP contribution in [0.1, 0.15) is 35.5 Å². The third-order valence-corrected chi connectivity index (χ3v) is 7.79. The SMILES string of the molecule is CC(C)(CO)NS(=O)(=O)c1cccc(NC(=O)c2cnn3c(C(F)(F)F)cc(-c4ccc(C(F)(F)F)c(Cl)c4)nc23)c1. The molecule has 1 amide bonds. The number of aromatic nitrogens is 3. The van der Waals surface area contributed by atoms with Gasteiger partial charge in [0.2, 0.25) is 10.0 Å². The molecule has 2 aromatic carbocycles. The van der Waals surface area contributed by atoms with Gasteiger partial charge in [-0.1, -0.05) is 23.7 Å². The van der Waals surface area contributed by atoms with Crippen molar-refractivity contribution in [2.75, 3.05) is 11.9 Å². The lowest BCUT2D eigenvalue weighted by molar-refractivity contribution is -0.142. The van der Waals surface area contributed by atoms with E-state index in [1.54, 1.807) is 0 Å². The first-order valence-corrected chi connectivity index (χ1v) is 13.6. The van der Waals surface area contributed by atoms with Crippen molar-refractivity contribution in [2.45, 2.75) is 36.6 Å². The fraction of sp³-hybridized carbons (Fsp3) is 0.240. The molecule has 42 heavy (non-hydrogen) atoms. The predicted molar refractivity (Wildman–Crippen MR) is 139 cm³/mol. The fourth-order valence-corrected chi connectivity index (χ4v) is 5.51. The van der Waals surface area contributed by atoms with Crippen LogP contribution in [-0.2, 0) is 22.4 Å². The molecule has 0 aliphatic rings. The quantitative estimate of drug-likeness (QED) is 0.234. The molecule has 224 valence electrons. The summed E-state index contributed by atoms with van der Waals surface area (Å²) in [4.78, 5) is 16.9. The van der Waals surface area contributed by atoms with Gasteiger partial charge in [0.05, 0.1) is 39.5 Å². The number of anilines is 1. The number of carbonyl (C=O) groups excluding carboxylic acids is 1. The smallest absolute Gasteiger partial charge is 0.394 e. The molecule has 0 aliphatic carbocycles. The van der Waals surface area contributed by atoms with Gasteiger partial charge in [-0.05, 0) is 50.2 Å². The third kappa shape index (κ3) is 6.51. The molecule has 0 saturated heterocycles. The van der Waals surface area contributed by atoms with Crippen molar-refractivity contribution in [3.05, 3.63) is 76.6 Å². The molecule has 0 spiro atoms. The summed E-state index contributed by atoms with van der Waals surface area (Å²) in [5.41, 5.74) is -5.48. The summed E-state index contributed by atoms with van der Waals surface area (Å²) in [6.45, 7) is 2.37. The van der Waals surface area contributed by atoms with Crippen molar-refractivity contribution >= 4 is 38.9 Å². The Morgan fingerprint density at radius 1 is 1.02 bits per heavy atom. The Bertz CT molecular complexity index is 1790. The number of hydrogen-bond acceptors (Lipinski definition) is 6. The van der Waals surface area contributed by atoms with Crippen LogP contribution < -0.4 is 10.0 Å². The number of hydrogen-bond donors (Lipinski definition) is 3. The van der Waals surface area contributed by atoms with Crippen molar-refractivity contribution in [1.29, 1.82) is 0 Å². The minimum absolute atomic E-state index is 0.0502. The van der Waals surface area contributed by atoms with Crippen molar-refractivity contribution in [3.8, 4) is 11.3 Å². The van der Waals surface area contributed by atoms with Crippen LogP contribution in [0.25, 0.3) is 16.9 Å². The van der Waals surface area contributed by atoms with Gasteiger partial charge in [0, 0.05) is 11.3 Å². The Labute approximate surface area is 239 Å². The van der Waals surface area contributed by atoms with Gasteiger partial charge < -0.3 is 10.4 Å². The zero-order chi connectivity index (χ0) is 31.3. The number of nitrogens with one attached hydrogen (secondary N) is 2. The molecule has 2 heterocycles. The Morgan fingerprint density at radius 2 is 1.71 bits per heavy atom. The molecule has 0 bridgehead atoms. The van der Waals surface area contributed by atoms with E-state index in [0.717, 1.165) is 24.4 Å². The van der Waals surface area contributed by atoms with Gasteiger partial charge in [-0.15, -0.1) is 0 Å². The molecule has 0 fully saturated rings. The number of nitrogens with zero attached hydrogens (tertiary/aromatic N) is 3. The van der Waals surface area contributed by atoms with Crippen molar-refractivity contribution in [2.24, 2.45) is 0 Å². The number of rotatable bonds is 7. The zero-order valence-corrected chi connectivity index (χ0v) is 23.0. The van der Waals surface area contributed by atoms with E-state index in [2.05, 4.69) is 20.1 Å². The number of fused-ring (bicyclic) bond motifs is 1. The second-order valence-corrected chi connectivity index (χ2v) is 11.7. The van der Waals surface area contributed by atoms with Gasteiger partial charge in [0.1, 0.15) is 5.56 Å². The Morgan fingerprint density at radius 3 is 2.31 bits per heavy atom. The molecule has 4 aromatic rings. The number of amides is 1. The number of halogens is 7. The summed E-state index contributed by atoms with van der Waals surface area (Å²) in [6, 6.07) is 7.78. The molecule has 0 unspecified atom stereocenters. The molecule has 3 N–H and O–H groups in total. The van der Waals surface area contributed by atoms with Crippen LogP contribution in [0.3, 0.4) is 0 Å². The first-order chi connectivity index (χ1) is 19.3. The Balaban J connectivity index is 1.75. The summed E-state index contributed by atoms with van der Waals surface area (Å²) in [6.07, 6.45) is -9.01. The number of aliphatic hydroxyl groups excluding tert-OH is 1. The second-order valence-electron chi connectivity index (χ2n) is 9.64. The molecule has 4 rings (SSSR count). The molecular formula is C25H20ClF6N5O4S. The highest BCUT2D eigenvalue weighted by Crippen LogP contribution is 2.38. The van der Waals surface area contributed by atoms with Crippen molar-refractivity contribution in [1.82, 2.24) is 19.3 Å². The van der Waals surface area contributed by atoms with E-state index in [1.165, 1.54) is 32.0 Å². The molecule has 2 aromatic heterocycles. The number of sulfonamides is 1. The van der Waals surface area contributed by atoms with Crippen LogP contribution in [-0.4, -0.2) is 46.2 Å². The van der Waals surface area contributed by atoms with Gasteiger partial charge >= 0.3 is 12.4 Å². The maximum Gasteiger partial charge on any atom is 0.433 e. The summed E-state index contributed by atoms with van der Waals surface area (Å²) in [5, 5.41) is 14.6. The first kappa shape index (κ1) is 31.2. The van der Waals surface area contributed by atoms with E-state index in [4.69, 9.17) is 11.6 Å². The topological polar surface area (TPSA) is 126 Å². The highest BCUT2D eigenvalue weighted by Gasteiger charge is 2.37. The average molecular weight is 636 g/mol. The zero-order valence-electron chi connectivity index (χ0n) is 21.5. The van der Waals surface area contributed by atoms with Crippen LogP contribution in [0.5, 0.6) is 0 Å². The summed E-state index contributed by atoms with van der Waals surface area (Å²) in [7, 11) is -4.15. The van der Waals surface area contributed by atoms with E-state index >= 15 is 0 Å². The lowest BCUT2D eigenvalue weighted by atomic mass is 10.1. The fourth-order valence-electron chi connectivity index (χ4n) is 3.77. The number of carbonyl (C=O) groups is 1. The van der Waals surface area contributed by atoms with E-state index < -0.39 is 73.6 Å². The van der Waals surface area contributed by atoms with Gasteiger partial charge in [-0.25, -0.2) is 22.6 Å². The lowest BCUT2D eigenvalue weighted by Crippen LogP contribution is -2.46. The standard InChI is InChI=1S/C25H20ClF6N5O4S/c1-23(2,12-38)36-42(40,41)15-5-3-4-14(9-15)34-22(39)16-11-33-37-20(25(30,31)32)10-19(35-21(16)37)13-6-7-17(18(26)8-13)24(27,28)29/h3-11,36,38H,12H2,1-2H3,(H,34,39). The average Bonchev–Trinajstić information content (AvgIpc) is 3.30. The third-order valence-electron chi connectivity index (χ3n) is 5.79. The van der Waals surface area contributed by atoms with Crippen LogP contribution in [0, 0.1) is 0 Å². The highest BCUT2D eigenvalue weighted by atomic mass is 35.5. The minimum atomic E-state index is -5.01. The maximum atomic E-state index is 13.9. The molecule has 9 nitrogen and oxygen atoms in total. The van der Waals surface area contributed by atoms with E-state index in [-0.39, 0.29) is 16.1 Å². The maximum absolute atomic E-state index is 13.9. The first-order valence-electron chi connectivity index (χ1n) is 11.7. The van der Waals surface area contributed by atoms with Crippen LogP contribution in [0.2, 0.25) is 5.02 Å². The van der Waals surface area contributed by atoms with Gasteiger partial charge in [0.25, 0.3) is 5.91 Å². The van der Waals surface area contributed by atoms with Gasteiger partial charge in [-0.3, -0.25) is 4.79 Å². The molecular weight excluding hydrogens is 616 g/mol. The molecule has 0 radical (unpaired) electrons. The van der Waals surface area contributed by atoms with E-state index in [0.29, 0.717) is 16.6 Å². The van der Waals surface area contributed by atoms with E-state index in [9.17, 15) is 44.7 Å². The Hall–Kier alpha value is -3.73. The van der Waals surface area contributed by atoms with Gasteiger partial charge in [-0.2, -0.15) is 31.4 Å². The number of benzene rings is 2. The molecule has 17 heteroatoms. The largest absolute Gasteiger partial charge is 0.433 e. The Kier molecular flexibility index (Phi) is 8.05. The number of aliphatic hydroxyl groups is 1. The second kappa shape index (κ2) is 10.8. The number of alkyl halides is 6. The molecule has 0 aliphatic heterocycles. The van der Waals surface area contributed by atoms with Crippen LogP contribution in [0.15, 0.2) is 59.6 Å². The highest BCUT2D eigenvalue weighted by molar-refractivity contribution is 7.89. The predicted octanol–water partition coefficient (Wildman–Crippen LogP) is 5.39. The monoisotopic (exact) mass is 635 g/mol. The lowest BCUT2D eigenvalue weighted by Gasteiger charge is -2.23. The molecule has 0 atom stereocenters. The summed E-state index contributed by atoms with van der Waals surface area (Å²) in [5.74, 6) is -1.01.